The fraction of sp³-hybridized carbons (Fsp3) is 0.471. The molecule has 0 radical (unpaired) electrons. The van der Waals surface area contributed by atoms with Crippen LogP contribution in [-0.4, -0.2) is 28.3 Å². The van der Waals surface area contributed by atoms with Crippen molar-refractivity contribution in [3.63, 3.8) is 0 Å². The molecule has 0 saturated carbocycles. The number of ether oxygens (including phenoxy) is 1. The molecule has 1 aromatic carbocycles. The Hall–Kier alpha value is -1.82. The van der Waals surface area contributed by atoms with E-state index in [0.29, 0.717) is 5.04 Å². The number of Topliss-reactive ketones (excluding diaryl/α,β-unsaturated/α-hetero) is 1. The van der Waals surface area contributed by atoms with Crippen LogP contribution in [-0.2, 0) is 14.3 Å². The summed E-state index contributed by atoms with van der Waals surface area (Å²) in [6, 6.07) is 9.56. The minimum atomic E-state index is -1.19. The third kappa shape index (κ3) is 3.93. The minimum Gasteiger partial charge on any atom is -0.464 e. The summed E-state index contributed by atoms with van der Waals surface area (Å²) in [6.07, 6.45) is 0.0276. The SMILES string of the molecule is CCOC(=O)[C@@]1(CC(=O)C(C)(C)C)NN=C(c2ccccc2)S1. The fourth-order valence-corrected chi connectivity index (χ4v) is 3.14. The summed E-state index contributed by atoms with van der Waals surface area (Å²) in [5, 5.41) is 4.96. The van der Waals surface area contributed by atoms with E-state index in [2.05, 4.69) is 10.5 Å². The highest BCUT2D eigenvalue weighted by Gasteiger charge is 2.49. The number of rotatable bonds is 5. The molecule has 0 amide bonds. The number of thioether (sulfide) groups is 1. The van der Waals surface area contributed by atoms with Crippen molar-refractivity contribution in [1.82, 2.24) is 5.43 Å². The van der Waals surface area contributed by atoms with Gasteiger partial charge < -0.3 is 4.74 Å². The molecule has 0 unspecified atom stereocenters. The molecule has 1 atom stereocenters. The lowest BCUT2D eigenvalue weighted by Crippen LogP contribution is -2.48. The lowest BCUT2D eigenvalue weighted by molar-refractivity contribution is -0.149. The number of carbonyl (C=O) groups is 2. The molecule has 5 nitrogen and oxygen atoms in total. The molecule has 0 saturated heterocycles. The fourth-order valence-electron chi connectivity index (χ4n) is 2.03. The van der Waals surface area contributed by atoms with Crippen molar-refractivity contribution in [3.05, 3.63) is 35.9 Å². The summed E-state index contributed by atoms with van der Waals surface area (Å²) in [6.45, 7) is 7.52. The Balaban J connectivity index is 2.25. The molecule has 0 fully saturated rings. The summed E-state index contributed by atoms with van der Waals surface area (Å²) in [4.78, 5) is 23.8. The van der Waals surface area contributed by atoms with E-state index in [9.17, 15) is 9.59 Å². The third-order valence-corrected chi connectivity index (χ3v) is 4.75. The minimum absolute atomic E-state index is 0.0185. The van der Waals surface area contributed by atoms with Crippen LogP contribution in [0.25, 0.3) is 0 Å². The molecule has 0 aromatic heterocycles. The molecular weight excluding hydrogens is 312 g/mol. The van der Waals surface area contributed by atoms with E-state index in [1.165, 1.54) is 11.8 Å². The molecule has 1 aliphatic rings. The standard InChI is InChI=1S/C17H22N2O3S/c1-5-22-15(21)17(11-13(20)16(2,3)4)19-18-14(23-17)12-9-7-6-8-10-12/h6-10,19H,5,11H2,1-4H3/t17-/m0/s1. The molecule has 23 heavy (non-hydrogen) atoms. The quantitative estimate of drug-likeness (QED) is 0.839. The van der Waals surface area contributed by atoms with Crippen LogP contribution in [0.5, 0.6) is 0 Å². The van der Waals surface area contributed by atoms with Crippen molar-refractivity contribution in [1.29, 1.82) is 0 Å². The molecular formula is C17H22N2O3S. The van der Waals surface area contributed by atoms with Crippen molar-refractivity contribution in [3.8, 4) is 0 Å². The van der Waals surface area contributed by atoms with Crippen molar-refractivity contribution in [2.75, 3.05) is 6.61 Å². The van der Waals surface area contributed by atoms with Crippen LogP contribution in [0.2, 0.25) is 0 Å². The summed E-state index contributed by atoms with van der Waals surface area (Å²) in [5.74, 6) is -0.479. The first-order valence-corrected chi connectivity index (χ1v) is 8.40. The molecule has 1 N–H and O–H groups in total. The van der Waals surface area contributed by atoms with Crippen LogP contribution in [0.15, 0.2) is 35.4 Å². The monoisotopic (exact) mass is 334 g/mol. The zero-order chi connectivity index (χ0) is 17.1. The van der Waals surface area contributed by atoms with E-state index in [-0.39, 0.29) is 18.8 Å². The smallest absolute Gasteiger partial charge is 0.344 e. The van der Waals surface area contributed by atoms with E-state index in [1.807, 2.05) is 51.1 Å². The highest BCUT2D eigenvalue weighted by molar-refractivity contribution is 8.16. The van der Waals surface area contributed by atoms with Gasteiger partial charge in [-0.25, -0.2) is 4.79 Å². The van der Waals surface area contributed by atoms with Gasteiger partial charge in [0.05, 0.1) is 13.0 Å². The lowest BCUT2D eigenvalue weighted by atomic mass is 9.87. The van der Waals surface area contributed by atoms with Crippen LogP contribution in [0.3, 0.4) is 0 Å². The number of nitrogens with one attached hydrogen (secondary N) is 1. The van der Waals surface area contributed by atoms with Gasteiger partial charge in [0.2, 0.25) is 4.87 Å². The van der Waals surface area contributed by atoms with E-state index < -0.39 is 16.3 Å². The number of esters is 1. The van der Waals surface area contributed by atoms with E-state index >= 15 is 0 Å². The average Bonchev–Trinajstić information content (AvgIpc) is 2.93. The Morgan fingerprint density at radius 2 is 1.91 bits per heavy atom. The maximum Gasteiger partial charge on any atom is 0.344 e. The Labute approximate surface area is 140 Å². The lowest BCUT2D eigenvalue weighted by Gasteiger charge is -2.28. The number of ketones is 1. The van der Waals surface area contributed by atoms with E-state index in [4.69, 9.17) is 4.74 Å². The molecule has 1 aliphatic heterocycles. The predicted octanol–water partition coefficient (Wildman–Crippen LogP) is 2.95. The van der Waals surface area contributed by atoms with E-state index in [0.717, 1.165) is 5.56 Å². The van der Waals surface area contributed by atoms with Crippen molar-refractivity contribution >= 4 is 28.6 Å². The molecule has 6 heteroatoms. The molecule has 1 heterocycles. The van der Waals surface area contributed by atoms with Gasteiger partial charge in [0, 0.05) is 11.0 Å². The van der Waals surface area contributed by atoms with Gasteiger partial charge in [-0.2, -0.15) is 5.10 Å². The summed E-state index contributed by atoms with van der Waals surface area (Å²) in [5.41, 5.74) is 3.23. The highest BCUT2D eigenvalue weighted by Crippen LogP contribution is 2.38. The molecule has 2 rings (SSSR count). The number of nitrogens with zero attached hydrogens (tertiary/aromatic N) is 1. The van der Waals surface area contributed by atoms with Gasteiger partial charge in [0.15, 0.2) is 0 Å². The van der Waals surface area contributed by atoms with Gasteiger partial charge in [-0.1, -0.05) is 62.9 Å². The molecule has 0 aliphatic carbocycles. The molecule has 0 spiro atoms. The average molecular weight is 334 g/mol. The van der Waals surface area contributed by atoms with Gasteiger partial charge >= 0.3 is 5.97 Å². The van der Waals surface area contributed by atoms with Gasteiger partial charge in [-0.3, -0.25) is 10.2 Å². The number of hydrogen-bond acceptors (Lipinski definition) is 6. The van der Waals surface area contributed by atoms with E-state index in [1.54, 1.807) is 6.92 Å². The summed E-state index contributed by atoms with van der Waals surface area (Å²) >= 11 is 1.25. The van der Waals surface area contributed by atoms with Crippen LogP contribution in [0, 0.1) is 5.41 Å². The second kappa shape index (κ2) is 6.74. The Morgan fingerprint density at radius 1 is 1.26 bits per heavy atom. The first kappa shape index (κ1) is 17.5. The maximum absolute atomic E-state index is 12.5. The first-order valence-electron chi connectivity index (χ1n) is 7.58. The second-order valence-electron chi connectivity index (χ2n) is 6.39. The number of benzene rings is 1. The zero-order valence-electron chi connectivity index (χ0n) is 13.9. The van der Waals surface area contributed by atoms with Crippen molar-refractivity contribution in [2.45, 2.75) is 39.0 Å². The number of carbonyl (C=O) groups excluding carboxylic acids is 2. The second-order valence-corrected chi connectivity index (χ2v) is 7.68. The molecule has 1 aromatic rings. The van der Waals surface area contributed by atoms with Crippen LogP contribution < -0.4 is 5.43 Å². The van der Waals surface area contributed by atoms with Gasteiger partial charge in [-0.15, -0.1) is 0 Å². The Kier molecular flexibility index (Phi) is 5.14. The highest BCUT2D eigenvalue weighted by atomic mass is 32.2. The number of hydrazone groups is 1. The van der Waals surface area contributed by atoms with Crippen molar-refractivity contribution < 1.29 is 14.3 Å². The Morgan fingerprint density at radius 3 is 2.48 bits per heavy atom. The van der Waals surface area contributed by atoms with Crippen LogP contribution in [0.4, 0.5) is 0 Å². The zero-order valence-corrected chi connectivity index (χ0v) is 14.7. The maximum atomic E-state index is 12.5. The molecule has 124 valence electrons. The first-order chi connectivity index (χ1) is 10.8. The van der Waals surface area contributed by atoms with Crippen LogP contribution in [0.1, 0.15) is 39.7 Å². The predicted molar refractivity (Wildman–Crippen MR) is 92.1 cm³/mol. The van der Waals surface area contributed by atoms with Gasteiger partial charge in [0.1, 0.15) is 10.8 Å². The molecule has 0 bridgehead atoms. The third-order valence-electron chi connectivity index (χ3n) is 3.48. The summed E-state index contributed by atoms with van der Waals surface area (Å²) in [7, 11) is 0. The summed E-state index contributed by atoms with van der Waals surface area (Å²) < 4.78 is 5.18. The van der Waals surface area contributed by atoms with Crippen LogP contribution >= 0.6 is 11.8 Å². The largest absolute Gasteiger partial charge is 0.464 e. The number of hydrogen-bond donors (Lipinski definition) is 1. The topological polar surface area (TPSA) is 67.8 Å². The van der Waals surface area contributed by atoms with Gasteiger partial charge in [0.25, 0.3) is 0 Å². The normalized spacial score (nSPS) is 20.6. The Bertz CT molecular complexity index is 622. The van der Waals surface area contributed by atoms with Gasteiger partial charge in [-0.05, 0) is 6.92 Å². The van der Waals surface area contributed by atoms with Crippen molar-refractivity contribution in [2.24, 2.45) is 10.5 Å².